The number of nitrogens with one attached hydrogen (secondary N) is 2. The molecule has 47 heavy (non-hydrogen) atoms. The average Bonchev–Trinajstić information content (AvgIpc) is 3.03. The van der Waals surface area contributed by atoms with Crippen molar-refractivity contribution in [3.63, 3.8) is 0 Å². The van der Waals surface area contributed by atoms with E-state index in [1.54, 1.807) is 12.1 Å². The summed E-state index contributed by atoms with van der Waals surface area (Å²) < 4.78 is 65.4. The molecule has 12 heteroatoms. The standard InChI is InChI=1S/C17H28FN3O2S.C16H20ClF3O.C2H2/c1-13(20-10-9-14(19)4-3-11-24-23)7-8-15-16(18)5-2-6-17(15)21-12-22;1-2-15(11-3-5-13(17)6-4-11)12-7-8-21-14(9-12)10-16(18,19)20;1-2/h2,5-6,12-14,20,23H,3-4,7-11,19H2,1H3,(H,21,22);3-6,12,14-15H,2,7-10H2,1H3;1-2H. The van der Waals surface area contributed by atoms with E-state index in [-0.39, 0.29) is 29.7 Å². The first-order chi connectivity index (χ1) is 22.5. The SMILES string of the molecule is C#C.CC(CCc1c(F)cccc1NC=O)NCCC(N)CCCSO.CCC(c1ccc(Cl)cc1)C1CCOC(CC(F)(F)F)C1. The van der Waals surface area contributed by atoms with Crippen LogP contribution in [0.3, 0.4) is 0 Å². The van der Waals surface area contributed by atoms with Gasteiger partial charge in [0.25, 0.3) is 0 Å². The summed E-state index contributed by atoms with van der Waals surface area (Å²) in [6.45, 7) is 5.36. The summed E-state index contributed by atoms with van der Waals surface area (Å²) in [5, 5.41) is 6.62. The lowest BCUT2D eigenvalue weighted by Gasteiger charge is -2.35. The van der Waals surface area contributed by atoms with Crippen molar-refractivity contribution in [3.8, 4) is 12.8 Å². The molecular formula is C35H50ClF4N3O3S. The number of alkyl halides is 3. The van der Waals surface area contributed by atoms with E-state index in [0.29, 0.717) is 42.1 Å². The highest BCUT2D eigenvalue weighted by Gasteiger charge is 2.37. The quantitative estimate of drug-likeness (QED) is 0.0432. The van der Waals surface area contributed by atoms with Crippen LogP contribution in [-0.4, -0.2) is 54.2 Å². The van der Waals surface area contributed by atoms with Crippen molar-refractivity contribution in [1.82, 2.24) is 5.32 Å². The van der Waals surface area contributed by atoms with Gasteiger partial charge in [-0.3, -0.25) is 4.79 Å². The number of ether oxygens (including phenoxy) is 1. The van der Waals surface area contributed by atoms with Gasteiger partial charge in [-0.15, -0.1) is 12.8 Å². The molecule has 5 atom stereocenters. The molecule has 5 N–H and O–H groups in total. The Bertz CT molecular complexity index is 1160. The molecule has 0 aromatic heterocycles. The third kappa shape index (κ3) is 17.6. The van der Waals surface area contributed by atoms with Gasteiger partial charge in [0, 0.05) is 40.7 Å². The molecule has 0 bridgehead atoms. The molecule has 6 nitrogen and oxygen atoms in total. The molecule has 0 aliphatic carbocycles. The summed E-state index contributed by atoms with van der Waals surface area (Å²) in [6.07, 6.45) is 9.06. The van der Waals surface area contributed by atoms with Gasteiger partial charge in [0.1, 0.15) is 5.82 Å². The predicted octanol–water partition coefficient (Wildman–Crippen LogP) is 8.84. The number of amides is 1. The Kier molecular flexibility index (Phi) is 21.7. The molecule has 0 spiro atoms. The zero-order chi connectivity index (χ0) is 35.2. The van der Waals surface area contributed by atoms with Crippen molar-refractivity contribution in [2.75, 3.05) is 24.2 Å². The number of terminal acetylenes is 1. The number of nitrogens with two attached hydrogens (primary N) is 1. The third-order valence-electron chi connectivity index (χ3n) is 8.15. The molecule has 1 saturated heterocycles. The van der Waals surface area contributed by atoms with Gasteiger partial charge in [-0.2, -0.15) is 13.2 Å². The fourth-order valence-corrected chi connectivity index (χ4v) is 6.19. The molecule has 1 aliphatic heterocycles. The van der Waals surface area contributed by atoms with Crippen molar-refractivity contribution < 1.29 is 31.6 Å². The maximum atomic E-state index is 13.9. The number of benzene rings is 2. The minimum absolute atomic E-state index is 0.131. The van der Waals surface area contributed by atoms with E-state index in [1.165, 1.54) is 6.07 Å². The van der Waals surface area contributed by atoms with E-state index in [4.69, 9.17) is 26.6 Å². The molecule has 2 aromatic rings. The molecule has 0 saturated carbocycles. The van der Waals surface area contributed by atoms with Crippen LogP contribution in [0.2, 0.25) is 5.02 Å². The molecule has 264 valence electrons. The van der Waals surface area contributed by atoms with E-state index in [9.17, 15) is 22.4 Å². The minimum Gasteiger partial charge on any atom is -0.378 e. The van der Waals surface area contributed by atoms with Crippen LogP contribution in [0.5, 0.6) is 0 Å². The lowest BCUT2D eigenvalue weighted by Crippen LogP contribution is -2.32. The second-order valence-corrected chi connectivity index (χ2v) is 12.7. The summed E-state index contributed by atoms with van der Waals surface area (Å²) in [5.41, 5.74) is 8.24. The third-order valence-corrected chi connectivity index (χ3v) is 8.88. The van der Waals surface area contributed by atoms with Crippen molar-refractivity contribution in [3.05, 3.63) is 64.4 Å². The van der Waals surface area contributed by atoms with Crippen LogP contribution in [0.4, 0.5) is 23.2 Å². The van der Waals surface area contributed by atoms with E-state index in [1.807, 2.05) is 24.3 Å². The Morgan fingerprint density at radius 2 is 1.87 bits per heavy atom. The molecule has 1 heterocycles. The summed E-state index contributed by atoms with van der Waals surface area (Å²) >= 11 is 6.75. The number of rotatable bonds is 17. The highest BCUT2D eigenvalue weighted by Crippen LogP contribution is 2.39. The largest absolute Gasteiger partial charge is 0.391 e. The van der Waals surface area contributed by atoms with Crippen LogP contribution < -0.4 is 16.4 Å². The van der Waals surface area contributed by atoms with Crippen molar-refractivity contribution >= 4 is 35.7 Å². The topological polar surface area (TPSA) is 96.6 Å². The molecule has 5 unspecified atom stereocenters. The maximum absolute atomic E-state index is 13.9. The summed E-state index contributed by atoms with van der Waals surface area (Å²) in [7, 11) is 0. The first-order valence-corrected chi connectivity index (χ1v) is 17.3. The fourth-order valence-electron chi connectivity index (χ4n) is 5.77. The van der Waals surface area contributed by atoms with Crippen LogP contribution in [0.25, 0.3) is 0 Å². The molecular weight excluding hydrogens is 654 g/mol. The van der Waals surface area contributed by atoms with Crippen molar-refractivity contribution in [2.24, 2.45) is 11.7 Å². The summed E-state index contributed by atoms with van der Waals surface area (Å²) in [4.78, 5) is 10.6. The number of halogens is 5. The second kappa shape index (κ2) is 23.9. The van der Waals surface area contributed by atoms with E-state index in [0.717, 1.165) is 68.4 Å². The van der Waals surface area contributed by atoms with Gasteiger partial charge in [-0.25, -0.2) is 4.39 Å². The van der Waals surface area contributed by atoms with Gasteiger partial charge >= 0.3 is 6.18 Å². The highest BCUT2D eigenvalue weighted by atomic mass is 35.5. The number of hydrogen-bond donors (Lipinski definition) is 4. The number of hydrogen-bond acceptors (Lipinski definition) is 6. The number of anilines is 1. The molecule has 3 rings (SSSR count). The van der Waals surface area contributed by atoms with Gasteiger partial charge in [-0.05, 0) is 119 Å². The van der Waals surface area contributed by atoms with Crippen molar-refractivity contribution in [1.29, 1.82) is 0 Å². The zero-order valence-corrected chi connectivity index (χ0v) is 28.9. The van der Waals surface area contributed by atoms with Gasteiger partial charge in [0.2, 0.25) is 6.41 Å². The number of carbonyl (C=O) groups is 1. The maximum Gasteiger partial charge on any atom is 0.391 e. The zero-order valence-electron chi connectivity index (χ0n) is 27.3. The second-order valence-electron chi connectivity index (χ2n) is 11.6. The molecule has 1 fully saturated rings. The Labute approximate surface area is 287 Å². The van der Waals surface area contributed by atoms with Gasteiger partial charge in [-0.1, -0.05) is 36.7 Å². The first kappa shape index (κ1) is 42.7. The fraction of sp³-hybridized carbons (Fsp3) is 0.571. The van der Waals surface area contributed by atoms with E-state index >= 15 is 0 Å². The predicted molar refractivity (Wildman–Crippen MR) is 186 cm³/mol. The Balaban J connectivity index is 0.000000449. The summed E-state index contributed by atoms with van der Waals surface area (Å²) in [6, 6.07) is 12.7. The van der Waals surface area contributed by atoms with Crippen LogP contribution in [0.1, 0.15) is 82.3 Å². The van der Waals surface area contributed by atoms with Crippen LogP contribution in [0.15, 0.2) is 42.5 Å². The normalized spacial score (nSPS) is 18.0. The van der Waals surface area contributed by atoms with Crippen LogP contribution in [-0.2, 0) is 16.0 Å². The first-order valence-electron chi connectivity index (χ1n) is 16.0. The van der Waals surface area contributed by atoms with Crippen LogP contribution in [0, 0.1) is 24.6 Å². The molecule has 0 radical (unpaired) electrons. The van der Waals surface area contributed by atoms with Gasteiger partial charge in [0.05, 0.1) is 12.5 Å². The summed E-state index contributed by atoms with van der Waals surface area (Å²) in [5.74, 6) is 0.925. The highest BCUT2D eigenvalue weighted by molar-refractivity contribution is 7.93. The van der Waals surface area contributed by atoms with Crippen LogP contribution >= 0.6 is 23.6 Å². The Morgan fingerprint density at radius 3 is 2.49 bits per heavy atom. The minimum atomic E-state index is -4.16. The lowest BCUT2D eigenvalue weighted by atomic mass is 9.78. The van der Waals surface area contributed by atoms with Crippen molar-refractivity contribution in [2.45, 2.75) is 102 Å². The lowest BCUT2D eigenvalue weighted by molar-refractivity contribution is -0.169. The molecule has 2 aromatic carbocycles. The average molecular weight is 704 g/mol. The number of carbonyl (C=O) groups excluding carboxylic acids is 1. The molecule has 1 amide bonds. The Hall–Kier alpha value is -2.33. The monoisotopic (exact) mass is 703 g/mol. The smallest absolute Gasteiger partial charge is 0.378 e. The van der Waals surface area contributed by atoms with E-state index in [2.05, 4.69) is 37.3 Å². The Morgan fingerprint density at radius 1 is 1.17 bits per heavy atom. The van der Waals surface area contributed by atoms with Gasteiger partial charge < -0.3 is 25.7 Å². The molecule has 1 aliphatic rings. The van der Waals surface area contributed by atoms with E-state index < -0.39 is 18.7 Å². The van der Waals surface area contributed by atoms with Gasteiger partial charge in [0.15, 0.2) is 0 Å².